The van der Waals surface area contributed by atoms with Crippen molar-refractivity contribution in [1.82, 2.24) is 4.90 Å². The zero-order valence-electron chi connectivity index (χ0n) is 15.2. The largest absolute Gasteiger partial charge is 0.339 e. The van der Waals surface area contributed by atoms with E-state index in [4.69, 9.17) is 5.26 Å². The van der Waals surface area contributed by atoms with Crippen molar-refractivity contribution in [2.45, 2.75) is 26.7 Å². The number of nitrogens with zero attached hydrogens (tertiary/aromatic N) is 2. The summed E-state index contributed by atoms with van der Waals surface area (Å²) in [5, 5.41) is 11.9. The van der Waals surface area contributed by atoms with Gasteiger partial charge in [-0.25, -0.2) is 0 Å². The van der Waals surface area contributed by atoms with E-state index in [1.54, 1.807) is 48.5 Å². The Bertz CT molecular complexity index is 818. The summed E-state index contributed by atoms with van der Waals surface area (Å²) >= 11 is 0. The number of carbonyl (C=O) groups excluding carboxylic acids is 2. The van der Waals surface area contributed by atoms with E-state index >= 15 is 0 Å². The number of benzene rings is 2. The Morgan fingerprint density at radius 2 is 1.65 bits per heavy atom. The molecule has 0 bridgehead atoms. The van der Waals surface area contributed by atoms with Crippen LogP contribution in [0.3, 0.4) is 0 Å². The Balaban J connectivity index is 2.21. The lowest BCUT2D eigenvalue weighted by atomic mass is 10.1. The highest BCUT2D eigenvalue weighted by atomic mass is 16.2. The van der Waals surface area contributed by atoms with Crippen molar-refractivity contribution in [3.63, 3.8) is 0 Å². The van der Waals surface area contributed by atoms with E-state index in [2.05, 4.69) is 5.32 Å². The van der Waals surface area contributed by atoms with E-state index in [1.165, 1.54) is 0 Å². The number of anilines is 1. The monoisotopic (exact) mass is 349 g/mol. The van der Waals surface area contributed by atoms with Crippen molar-refractivity contribution in [1.29, 1.82) is 5.26 Å². The number of nitriles is 1. The number of rotatable bonds is 7. The first-order valence-electron chi connectivity index (χ1n) is 8.80. The molecule has 0 aromatic heterocycles. The average Bonchev–Trinajstić information content (AvgIpc) is 2.67. The lowest BCUT2D eigenvalue weighted by Gasteiger charge is -2.21. The Hall–Kier alpha value is -3.13. The third kappa shape index (κ3) is 4.70. The van der Waals surface area contributed by atoms with Crippen LogP contribution in [0.15, 0.2) is 48.5 Å². The van der Waals surface area contributed by atoms with E-state index in [1.807, 2.05) is 24.8 Å². The molecular weight excluding hydrogens is 326 g/mol. The van der Waals surface area contributed by atoms with Crippen molar-refractivity contribution in [3.05, 3.63) is 65.2 Å². The minimum absolute atomic E-state index is 0.0687. The van der Waals surface area contributed by atoms with E-state index in [9.17, 15) is 9.59 Å². The Labute approximate surface area is 154 Å². The summed E-state index contributed by atoms with van der Waals surface area (Å²) in [6.45, 7) is 5.45. The molecule has 0 aliphatic carbocycles. The molecule has 2 aromatic rings. The van der Waals surface area contributed by atoms with Gasteiger partial charge in [0.15, 0.2) is 0 Å². The number of carbonyl (C=O) groups is 2. The standard InChI is InChI=1S/C21H23N3O2/c1-3-12-24(13-4-2)21(26)17-10-7-9-16(14-17)20(25)23-19-11-6-5-8-18(19)15-22/h5-11,14H,3-4,12-13H2,1-2H3,(H,23,25). The molecule has 0 aliphatic heterocycles. The van der Waals surface area contributed by atoms with Crippen LogP contribution >= 0.6 is 0 Å². The molecule has 0 atom stereocenters. The maximum Gasteiger partial charge on any atom is 0.255 e. The normalized spacial score (nSPS) is 10.0. The fourth-order valence-corrected chi connectivity index (χ4v) is 2.71. The molecular formula is C21H23N3O2. The van der Waals surface area contributed by atoms with Gasteiger partial charge >= 0.3 is 0 Å². The molecule has 2 amide bonds. The van der Waals surface area contributed by atoms with Gasteiger partial charge in [-0.2, -0.15) is 5.26 Å². The number of hydrogen-bond acceptors (Lipinski definition) is 3. The number of amides is 2. The predicted octanol–water partition coefficient (Wildman–Crippen LogP) is 4.07. The summed E-state index contributed by atoms with van der Waals surface area (Å²) in [6, 6.07) is 15.5. The Morgan fingerprint density at radius 3 is 2.31 bits per heavy atom. The van der Waals surface area contributed by atoms with Crippen LogP contribution in [0.4, 0.5) is 5.69 Å². The molecule has 26 heavy (non-hydrogen) atoms. The Kier molecular flexibility index (Phi) is 6.92. The summed E-state index contributed by atoms with van der Waals surface area (Å²) in [4.78, 5) is 27.0. The summed E-state index contributed by atoms with van der Waals surface area (Å²) in [5.41, 5.74) is 1.73. The van der Waals surface area contributed by atoms with E-state index < -0.39 is 0 Å². The van der Waals surface area contributed by atoms with Crippen LogP contribution < -0.4 is 5.32 Å². The second kappa shape index (κ2) is 9.38. The second-order valence-electron chi connectivity index (χ2n) is 5.98. The lowest BCUT2D eigenvalue weighted by molar-refractivity contribution is 0.0755. The van der Waals surface area contributed by atoms with Gasteiger partial charge in [-0.1, -0.05) is 32.0 Å². The van der Waals surface area contributed by atoms with Crippen LogP contribution in [0.2, 0.25) is 0 Å². The summed E-state index contributed by atoms with van der Waals surface area (Å²) in [6.07, 6.45) is 1.77. The van der Waals surface area contributed by atoms with E-state index in [0.29, 0.717) is 35.5 Å². The number of hydrogen-bond donors (Lipinski definition) is 1. The summed E-state index contributed by atoms with van der Waals surface area (Å²) in [7, 11) is 0. The van der Waals surface area contributed by atoms with Crippen LogP contribution in [0.1, 0.15) is 53.0 Å². The third-order valence-electron chi connectivity index (χ3n) is 3.94. The molecule has 0 radical (unpaired) electrons. The SMILES string of the molecule is CCCN(CCC)C(=O)c1cccc(C(=O)Nc2ccccc2C#N)c1. The summed E-state index contributed by atoms with van der Waals surface area (Å²) < 4.78 is 0. The van der Waals surface area contributed by atoms with Crippen LogP contribution in [0, 0.1) is 11.3 Å². The van der Waals surface area contributed by atoms with Gasteiger partial charge in [-0.05, 0) is 43.2 Å². The van der Waals surface area contributed by atoms with Crippen LogP contribution in [0.25, 0.3) is 0 Å². The zero-order chi connectivity index (χ0) is 18.9. The van der Waals surface area contributed by atoms with Crippen molar-refractivity contribution in [2.24, 2.45) is 0 Å². The van der Waals surface area contributed by atoms with Gasteiger partial charge in [0, 0.05) is 24.2 Å². The van der Waals surface area contributed by atoms with E-state index in [-0.39, 0.29) is 11.8 Å². The van der Waals surface area contributed by atoms with Gasteiger partial charge in [0.05, 0.1) is 11.3 Å². The van der Waals surface area contributed by atoms with Crippen molar-refractivity contribution >= 4 is 17.5 Å². The highest BCUT2D eigenvalue weighted by Gasteiger charge is 2.16. The molecule has 134 valence electrons. The van der Waals surface area contributed by atoms with Gasteiger partial charge in [0.2, 0.25) is 0 Å². The fraction of sp³-hybridized carbons (Fsp3) is 0.286. The summed E-state index contributed by atoms with van der Waals surface area (Å²) in [5.74, 6) is -0.416. The van der Waals surface area contributed by atoms with E-state index in [0.717, 1.165) is 12.8 Å². The van der Waals surface area contributed by atoms with Gasteiger partial charge in [-0.3, -0.25) is 9.59 Å². The Morgan fingerprint density at radius 1 is 1.00 bits per heavy atom. The molecule has 0 unspecified atom stereocenters. The molecule has 0 heterocycles. The van der Waals surface area contributed by atoms with Crippen LogP contribution in [0.5, 0.6) is 0 Å². The van der Waals surface area contributed by atoms with Gasteiger partial charge in [0.1, 0.15) is 6.07 Å². The van der Waals surface area contributed by atoms with Gasteiger partial charge < -0.3 is 10.2 Å². The molecule has 2 rings (SSSR count). The smallest absolute Gasteiger partial charge is 0.255 e. The molecule has 1 N–H and O–H groups in total. The van der Waals surface area contributed by atoms with Crippen molar-refractivity contribution in [3.8, 4) is 6.07 Å². The van der Waals surface area contributed by atoms with Crippen molar-refractivity contribution in [2.75, 3.05) is 18.4 Å². The molecule has 0 saturated heterocycles. The maximum absolute atomic E-state index is 12.7. The number of para-hydroxylation sites is 1. The first kappa shape index (κ1) is 19.2. The second-order valence-corrected chi connectivity index (χ2v) is 5.98. The molecule has 5 heteroatoms. The molecule has 0 saturated carbocycles. The topological polar surface area (TPSA) is 73.2 Å². The lowest BCUT2D eigenvalue weighted by Crippen LogP contribution is -2.32. The zero-order valence-corrected chi connectivity index (χ0v) is 15.2. The minimum atomic E-state index is -0.347. The highest BCUT2D eigenvalue weighted by molar-refractivity contribution is 6.06. The first-order chi connectivity index (χ1) is 12.6. The highest BCUT2D eigenvalue weighted by Crippen LogP contribution is 2.16. The molecule has 0 fully saturated rings. The third-order valence-corrected chi connectivity index (χ3v) is 3.94. The fourth-order valence-electron chi connectivity index (χ4n) is 2.71. The number of nitrogens with one attached hydrogen (secondary N) is 1. The minimum Gasteiger partial charge on any atom is -0.339 e. The van der Waals surface area contributed by atoms with Crippen LogP contribution in [-0.4, -0.2) is 29.8 Å². The molecule has 0 aliphatic rings. The first-order valence-corrected chi connectivity index (χ1v) is 8.80. The molecule has 2 aromatic carbocycles. The van der Waals surface area contributed by atoms with Crippen LogP contribution in [-0.2, 0) is 0 Å². The van der Waals surface area contributed by atoms with Gasteiger partial charge in [0.25, 0.3) is 11.8 Å². The van der Waals surface area contributed by atoms with Crippen molar-refractivity contribution < 1.29 is 9.59 Å². The average molecular weight is 349 g/mol. The van der Waals surface area contributed by atoms with Gasteiger partial charge in [-0.15, -0.1) is 0 Å². The molecule has 0 spiro atoms. The predicted molar refractivity (Wildman–Crippen MR) is 102 cm³/mol. The maximum atomic E-state index is 12.7. The molecule has 5 nitrogen and oxygen atoms in total. The quantitative estimate of drug-likeness (QED) is 0.819.